The summed E-state index contributed by atoms with van der Waals surface area (Å²) in [4.78, 5) is 0. The molecule has 1 heterocycles. The molecule has 2 nitrogen and oxygen atoms in total. The summed E-state index contributed by atoms with van der Waals surface area (Å²) in [5.41, 5.74) is 2.31. The Morgan fingerprint density at radius 2 is 1.09 bits per heavy atom. The van der Waals surface area contributed by atoms with Gasteiger partial charge in [-0.15, -0.1) is 0 Å². The van der Waals surface area contributed by atoms with Gasteiger partial charge >= 0.3 is 0 Å². The van der Waals surface area contributed by atoms with Crippen molar-refractivity contribution in [1.29, 1.82) is 0 Å². The minimum Gasteiger partial charge on any atom is -0.492 e. The molecule has 4 aromatic rings. The average molecular weight is 594 g/mol. The molecule has 4 aromatic carbocycles. The molecule has 1 saturated carbocycles. The molecule has 1 aliphatic heterocycles. The Kier molecular flexibility index (Phi) is 6.22. The third-order valence-corrected chi connectivity index (χ3v) is 7.09. The second-order valence-electron chi connectivity index (χ2n) is 8.91. The van der Waals surface area contributed by atoms with Crippen LogP contribution in [-0.2, 0) is 20.4 Å². The van der Waals surface area contributed by atoms with Crippen LogP contribution in [0.5, 0.6) is 11.5 Å². The Hall–Kier alpha value is -2.34. The van der Waals surface area contributed by atoms with Gasteiger partial charge < -0.3 is 15.9 Å². The van der Waals surface area contributed by atoms with E-state index in [1.54, 1.807) is 0 Å². The summed E-state index contributed by atoms with van der Waals surface area (Å²) in [5, 5.41) is 4.88. The van der Waals surface area contributed by atoms with Crippen molar-refractivity contribution in [1.82, 2.24) is 0 Å². The van der Waals surface area contributed by atoms with Gasteiger partial charge in [0.2, 0.25) is 0 Å². The summed E-state index contributed by atoms with van der Waals surface area (Å²) in [6.07, 6.45) is 7.34. The van der Waals surface area contributed by atoms with Gasteiger partial charge in [-0.1, -0.05) is 73.5 Å². The van der Waals surface area contributed by atoms with Crippen LogP contribution in [0.25, 0.3) is 32.7 Å². The quantitative estimate of drug-likeness (QED) is 0.214. The van der Waals surface area contributed by atoms with E-state index in [4.69, 9.17) is 9.47 Å². The number of hydrogen-bond acceptors (Lipinski definition) is 2. The Balaban J connectivity index is 0.00000216. The van der Waals surface area contributed by atoms with E-state index in [0.717, 1.165) is 22.6 Å². The van der Waals surface area contributed by atoms with Gasteiger partial charge in [0.1, 0.15) is 11.5 Å². The van der Waals surface area contributed by atoms with Crippen molar-refractivity contribution in [3.05, 3.63) is 79.2 Å². The van der Waals surface area contributed by atoms with Crippen LogP contribution >= 0.6 is 0 Å². The number of fused-ring (bicyclic) bond motifs is 7. The van der Waals surface area contributed by atoms with Crippen molar-refractivity contribution < 1.29 is 29.9 Å². The molecule has 0 N–H and O–H groups in total. The standard InChI is InChI=1S/C29H27O2.Re/c1-2-8-20(9-3-1)23-18-30-26-16-14-21-10-4-6-12-24(21)28(26)29-25-13-7-5-11-22(25)15-17-27(29)31-19-23;/h1,4-7,10-17,20,23H,2-3,8-9,18-19H2;/q-1;. The molecule has 163 valence electrons. The number of ether oxygens (including phenoxy) is 2. The topological polar surface area (TPSA) is 18.5 Å². The molecule has 6 rings (SSSR count). The predicted octanol–water partition coefficient (Wildman–Crippen LogP) is 7.44. The summed E-state index contributed by atoms with van der Waals surface area (Å²) in [6.45, 7) is 1.42. The van der Waals surface area contributed by atoms with Gasteiger partial charge in [-0.3, -0.25) is 0 Å². The van der Waals surface area contributed by atoms with E-state index < -0.39 is 0 Å². The van der Waals surface area contributed by atoms with Crippen molar-refractivity contribution in [3.8, 4) is 22.6 Å². The molecule has 0 bridgehead atoms. The van der Waals surface area contributed by atoms with Crippen LogP contribution in [0, 0.1) is 18.3 Å². The molecule has 0 saturated heterocycles. The van der Waals surface area contributed by atoms with Crippen molar-refractivity contribution >= 4 is 21.5 Å². The summed E-state index contributed by atoms with van der Waals surface area (Å²) < 4.78 is 13.2. The molecular formula is C29H27O2Re-. The number of hydrogen-bond donors (Lipinski definition) is 0. The predicted molar refractivity (Wildman–Crippen MR) is 128 cm³/mol. The zero-order chi connectivity index (χ0) is 20.6. The van der Waals surface area contributed by atoms with Gasteiger partial charge in [0.05, 0.1) is 13.2 Å². The third-order valence-electron chi connectivity index (χ3n) is 7.09. The molecule has 0 amide bonds. The molecular weight excluding hydrogens is 567 g/mol. The first-order chi connectivity index (χ1) is 15.4. The first-order valence-corrected chi connectivity index (χ1v) is 11.5. The maximum absolute atomic E-state index is 6.60. The van der Waals surface area contributed by atoms with Gasteiger partial charge in [-0.2, -0.15) is 12.8 Å². The fourth-order valence-corrected chi connectivity index (χ4v) is 5.40. The second-order valence-corrected chi connectivity index (χ2v) is 8.91. The molecule has 1 fully saturated rings. The van der Waals surface area contributed by atoms with Crippen LogP contribution in [0.15, 0.2) is 72.8 Å². The van der Waals surface area contributed by atoms with E-state index in [0.29, 0.717) is 25.0 Å². The maximum atomic E-state index is 6.60. The van der Waals surface area contributed by atoms with Crippen LogP contribution in [0.2, 0.25) is 0 Å². The molecule has 1 radical (unpaired) electrons. The fourth-order valence-electron chi connectivity index (χ4n) is 5.40. The van der Waals surface area contributed by atoms with Crippen LogP contribution in [-0.4, -0.2) is 13.2 Å². The molecule has 0 spiro atoms. The Morgan fingerprint density at radius 3 is 1.62 bits per heavy atom. The van der Waals surface area contributed by atoms with E-state index in [1.165, 1.54) is 47.2 Å². The molecule has 0 aromatic heterocycles. The number of rotatable bonds is 1. The Bertz CT molecular complexity index is 1150. The van der Waals surface area contributed by atoms with E-state index in [9.17, 15) is 0 Å². The van der Waals surface area contributed by atoms with Gasteiger partial charge in [0, 0.05) is 37.5 Å². The minimum absolute atomic E-state index is 0. The van der Waals surface area contributed by atoms with E-state index in [2.05, 4.69) is 79.2 Å². The van der Waals surface area contributed by atoms with Gasteiger partial charge in [0.15, 0.2) is 0 Å². The SMILES string of the molecule is [Re].c1ccc2c3c(ccc2c1)OCC(C1CC[CH-]CC1)COc1ccc2ccccc2c1-3. The van der Waals surface area contributed by atoms with Gasteiger partial charge in [-0.25, -0.2) is 0 Å². The van der Waals surface area contributed by atoms with Crippen molar-refractivity contribution in [3.63, 3.8) is 0 Å². The van der Waals surface area contributed by atoms with Crippen molar-refractivity contribution in [2.24, 2.45) is 11.8 Å². The molecule has 1 aliphatic carbocycles. The first kappa shape index (κ1) is 21.5. The zero-order valence-corrected chi connectivity index (χ0v) is 20.8. The van der Waals surface area contributed by atoms with Crippen LogP contribution in [0.4, 0.5) is 0 Å². The largest absolute Gasteiger partial charge is 0.492 e. The third kappa shape index (κ3) is 3.83. The molecule has 0 unspecified atom stereocenters. The average Bonchev–Trinajstić information content (AvgIpc) is 2.92. The Labute approximate surface area is 203 Å². The summed E-state index contributed by atoms with van der Waals surface area (Å²) in [7, 11) is 0. The number of benzene rings is 4. The Morgan fingerprint density at radius 1 is 0.594 bits per heavy atom. The van der Waals surface area contributed by atoms with Crippen LogP contribution in [0.3, 0.4) is 0 Å². The molecule has 32 heavy (non-hydrogen) atoms. The summed E-state index contributed by atoms with van der Waals surface area (Å²) in [5.74, 6) is 3.00. The second kappa shape index (κ2) is 9.26. The van der Waals surface area contributed by atoms with E-state index in [1.807, 2.05) is 0 Å². The van der Waals surface area contributed by atoms with Crippen LogP contribution in [0.1, 0.15) is 25.7 Å². The normalized spacial score (nSPS) is 17.1. The smallest absolute Gasteiger partial charge is 0.127 e. The van der Waals surface area contributed by atoms with Crippen LogP contribution < -0.4 is 9.47 Å². The molecule has 2 aliphatic rings. The summed E-state index contributed by atoms with van der Waals surface area (Å²) >= 11 is 0. The monoisotopic (exact) mass is 594 g/mol. The first-order valence-electron chi connectivity index (χ1n) is 11.5. The minimum atomic E-state index is 0. The van der Waals surface area contributed by atoms with Crippen molar-refractivity contribution in [2.45, 2.75) is 25.7 Å². The van der Waals surface area contributed by atoms with E-state index in [-0.39, 0.29) is 20.4 Å². The van der Waals surface area contributed by atoms with Gasteiger partial charge in [0.25, 0.3) is 0 Å². The zero-order valence-electron chi connectivity index (χ0n) is 18.1. The fraction of sp³-hybridized carbons (Fsp3) is 0.276. The molecule has 0 atom stereocenters. The van der Waals surface area contributed by atoms with Gasteiger partial charge in [-0.05, 0) is 39.6 Å². The molecule has 3 heteroatoms. The van der Waals surface area contributed by atoms with Crippen molar-refractivity contribution in [2.75, 3.05) is 13.2 Å². The summed E-state index contributed by atoms with van der Waals surface area (Å²) in [6, 6.07) is 25.9. The van der Waals surface area contributed by atoms with E-state index >= 15 is 0 Å². The maximum Gasteiger partial charge on any atom is 0.127 e.